The highest BCUT2D eigenvalue weighted by Gasteiger charge is 2.25. The average Bonchev–Trinajstić information content (AvgIpc) is 3.14. The van der Waals surface area contributed by atoms with Crippen molar-refractivity contribution in [1.82, 2.24) is 24.9 Å². The first kappa shape index (κ1) is 18.0. The van der Waals surface area contributed by atoms with Gasteiger partial charge in [0.15, 0.2) is 11.3 Å². The van der Waals surface area contributed by atoms with Crippen LogP contribution in [0.3, 0.4) is 0 Å². The van der Waals surface area contributed by atoms with E-state index in [2.05, 4.69) is 20.6 Å². The summed E-state index contributed by atoms with van der Waals surface area (Å²) in [6.45, 7) is 0.941. The topological polar surface area (TPSA) is 120 Å². The molecule has 0 saturated carbocycles. The molecule has 3 heterocycles. The number of nitrogens with zero attached hydrogens (tertiary/aromatic N) is 6. The summed E-state index contributed by atoms with van der Waals surface area (Å²) in [6.07, 6.45) is 2.13. The fourth-order valence-corrected chi connectivity index (χ4v) is 3.57. The zero-order chi connectivity index (χ0) is 19.7. The summed E-state index contributed by atoms with van der Waals surface area (Å²) < 4.78 is 1.84. The van der Waals surface area contributed by atoms with Crippen LogP contribution in [-0.2, 0) is 0 Å². The quantitative estimate of drug-likeness (QED) is 0.694. The van der Waals surface area contributed by atoms with E-state index in [1.807, 2.05) is 16.8 Å². The first-order chi connectivity index (χ1) is 13.6. The first-order valence-electron chi connectivity index (χ1n) is 8.71. The minimum absolute atomic E-state index is 0.0781. The number of nitriles is 1. The number of nitrogens with one attached hydrogen (secondary N) is 1. The van der Waals surface area contributed by atoms with Gasteiger partial charge >= 0.3 is 6.09 Å². The molecule has 0 unspecified atom stereocenters. The van der Waals surface area contributed by atoms with E-state index in [0.717, 1.165) is 5.52 Å². The molecule has 10 heteroatoms. The second-order valence-electron chi connectivity index (χ2n) is 6.49. The van der Waals surface area contributed by atoms with Gasteiger partial charge in [0.05, 0.1) is 33.9 Å². The summed E-state index contributed by atoms with van der Waals surface area (Å²) in [6, 6.07) is 8.92. The van der Waals surface area contributed by atoms with Crippen molar-refractivity contribution in [3.63, 3.8) is 0 Å². The number of piperidine rings is 1. The number of carboxylic acid groups (broad SMARTS) is 1. The third kappa shape index (κ3) is 3.30. The van der Waals surface area contributed by atoms with Crippen molar-refractivity contribution in [2.24, 2.45) is 0 Å². The van der Waals surface area contributed by atoms with Crippen LogP contribution in [0.25, 0.3) is 11.0 Å². The predicted octanol–water partition coefficient (Wildman–Crippen LogP) is 3.41. The Labute approximate surface area is 165 Å². The lowest BCUT2D eigenvalue weighted by Crippen LogP contribution is -2.38. The highest BCUT2D eigenvalue weighted by atomic mass is 35.5. The molecule has 28 heavy (non-hydrogen) atoms. The summed E-state index contributed by atoms with van der Waals surface area (Å²) in [4.78, 5) is 16.8. The number of hydrogen-bond acceptors (Lipinski definition) is 6. The molecule has 0 aliphatic carbocycles. The van der Waals surface area contributed by atoms with E-state index in [4.69, 9.17) is 22.0 Å². The lowest BCUT2D eigenvalue weighted by molar-refractivity contribution is 0.124. The van der Waals surface area contributed by atoms with Crippen molar-refractivity contribution in [2.75, 3.05) is 18.4 Å². The van der Waals surface area contributed by atoms with Crippen LogP contribution in [0.2, 0.25) is 5.02 Å². The fourth-order valence-electron chi connectivity index (χ4n) is 3.34. The van der Waals surface area contributed by atoms with Gasteiger partial charge < -0.3 is 15.3 Å². The maximum atomic E-state index is 11.1. The molecule has 0 bridgehead atoms. The number of halogens is 1. The molecule has 1 aromatic carbocycles. The Hall–Kier alpha value is -3.38. The van der Waals surface area contributed by atoms with E-state index in [1.165, 1.54) is 4.90 Å². The van der Waals surface area contributed by atoms with E-state index in [0.29, 0.717) is 53.5 Å². The van der Waals surface area contributed by atoms with E-state index < -0.39 is 6.09 Å². The van der Waals surface area contributed by atoms with E-state index in [9.17, 15) is 4.79 Å². The number of benzene rings is 1. The molecule has 3 aromatic rings. The number of amides is 1. The van der Waals surface area contributed by atoms with Gasteiger partial charge in [-0.25, -0.2) is 14.5 Å². The third-order valence-corrected chi connectivity index (χ3v) is 5.14. The average molecular weight is 398 g/mol. The molecule has 1 fully saturated rings. The van der Waals surface area contributed by atoms with Gasteiger partial charge in [-0.3, -0.25) is 0 Å². The highest BCUT2D eigenvalue weighted by molar-refractivity contribution is 6.33. The lowest BCUT2D eigenvalue weighted by atomic mass is 10.1. The number of rotatable bonds is 3. The van der Waals surface area contributed by atoms with Crippen molar-refractivity contribution >= 4 is 40.2 Å². The monoisotopic (exact) mass is 397 g/mol. The predicted molar refractivity (Wildman–Crippen MR) is 103 cm³/mol. The second-order valence-corrected chi connectivity index (χ2v) is 6.90. The number of likely N-dealkylation sites (tertiary alicyclic amines) is 1. The van der Waals surface area contributed by atoms with Crippen LogP contribution in [0.4, 0.5) is 16.3 Å². The van der Waals surface area contributed by atoms with Crippen LogP contribution in [0, 0.1) is 11.3 Å². The molecule has 2 N–H and O–H groups in total. The van der Waals surface area contributed by atoms with Crippen molar-refractivity contribution < 1.29 is 9.90 Å². The molecule has 9 nitrogen and oxygen atoms in total. The minimum atomic E-state index is -0.892. The van der Waals surface area contributed by atoms with E-state index in [-0.39, 0.29) is 6.04 Å². The third-order valence-electron chi connectivity index (χ3n) is 4.82. The highest BCUT2D eigenvalue weighted by Crippen LogP contribution is 2.30. The second kappa shape index (κ2) is 7.32. The van der Waals surface area contributed by atoms with Crippen LogP contribution in [-0.4, -0.2) is 49.2 Å². The number of anilines is 2. The fraction of sp³-hybridized carbons (Fsp3) is 0.278. The van der Waals surface area contributed by atoms with Gasteiger partial charge in [0.1, 0.15) is 0 Å². The van der Waals surface area contributed by atoms with Crippen LogP contribution in [0.15, 0.2) is 30.5 Å². The molecule has 142 valence electrons. The van der Waals surface area contributed by atoms with E-state index in [1.54, 1.807) is 24.4 Å². The van der Waals surface area contributed by atoms with Crippen molar-refractivity contribution in [3.05, 3.63) is 41.0 Å². The Balaban J connectivity index is 1.61. The summed E-state index contributed by atoms with van der Waals surface area (Å²) >= 11 is 6.24. The van der Waals surface area contributed by atoms with Crippen molar-refractivity contribution in [1.29, 1.82) is 5.26 Å². The Bertz CT molecular complexity index is 1080. The number of fused-ring (bicyclic) bond motifs is 1. The van der Waals surface area contributed by atoms with Crippen molar-refractivity contribution in [3.8, 4) is 6.07 Å². The maximum absolute atomic E-state index is 11.1. The molecule has 1 aliphatic rings. The molecule has 0 atom stereocenters. The maximum Gasteiger partial charge on any atom is 0.407 e. The van der Waals surface area contributed by atoms with Gasteiger partial charge in [0.25, 0.3) is 0 Å². The molecular weight excluding hydrogens is 382 g/mol. The Morgan fingerprint density at radius 1 is 1.32 bits per heavy atom. The van der Waals surface area contributed by atoms with Gasteiger partial charge in [-0.1, -0.05) is 16.8 Å². The smallest absolute Gasteiger partial charge is 0.407 e. The summed E-state index contributed by atoms with van der Waals surface area (Å²) in [5, 5.41) is 30.2. The summed E-state index contributed by atoms with van der Waals surface area (Å²) in [7, 11) is 0. The minimum Gasteiger partial charge on any atom is -0.465 e. The molecule has 1 saturated heterocycles. The molecule has 1 amide bonds. The van der Waals surface area contributed by atoms with Gasteiger partial charge in [-0.2, -0.15) is 5.26 Å². The zero-order valence-electron chi connectivity index (χ0n) is 14.7. The Kier molecular flexibility index (Phi) is 4.71. The molecule has 0 spiro atoms. The number of hydrogen-bond donors (Lipinski definition) is 2. The Morgan fingerprint density at radius 3 is 2.79 bits per heavy atom. The lowest BCUT2D eigenvalue weighted by Gasteiger charge is -2.30. The standard InChI is InChI=1S/C18H16ClN7O2/c19-13-9-11(10-20)1-2-14(13)22-17-16-15(3-6-21-17)26(24-23-16)12-4-7-25(8-5-12)18(27)28/h1-3,6,9,12H,4-5,7-8H2,(H,21,22)(H,27,28). The SMILES string of the molecule is N#Cc1ccc(Nc2nccc3c2nnn3C2CCN(C(=O)O)CC2)c(Cl)c1. The Morgan fingerprint density at radius 2 is 2.11 bits per heavy atom. The largest absolute Gasteiger partial charge is 0.465 e. The molecule has 4 rings (SSSR count). The number of pyridine rings is 1. The normalized spacial score (nSPS) is 14.8. The van der Waals surface area contributed by atoms with E-state index >= 15 is 0 Å². The molecule has 1 aliphatic heterocycles. The van der Waals surface area contributed by atoms with Crippen LogP contribution >= 0.6 is 11.6 Å². The van der Waals surface area contributed by atoms with Crippen LogP contribution < -0.4 is 5.32 Å². The number of carbonyl (C=O) groups is 1. The molecular formula is C18H16ClN7O2. The van der Waals surface area contributed by atoms with Gasteiger partial charge in [0, 0.05) is 19.3 Å². The molecule has 0 radical (unpaired) electrons. The van der Waals surface area contributed by atoms with Crippen LogP contribution in [0.5, 0.6) is 0 Å². The zero-order valence-corrected chi connectivity index (χ0v) is 15.5. The molecule has 2 aromatic heterocycles. The van der Waals surface area contributed by atoms with Gasteiger partial charge in [-0.05, 0) is 37.1 Å². The first-order valence-corrected chi connectivity index (χ1v) is 9.09. The summed E-state index contributed by atoms with van der Waals surface area (Å²) in [5.41, 5.74) is 2.50. The summed E-state index contributed by atoms with van der Waals surface area (Å²) in [5.74, 6) is 0.512. The van der Waals surface area contributed by atoms with Crippen molar-refractivity contribution in [2.45, 2.75) is 18.9 Å². The number of aromatic nitrogens is 4. The van der Waals surface area contributed by atoms with Gasteiger partial charge in [-0.15, -0.1) is 5.10 Å². The van der Waals surface area contributed by atoms with Gasteiger partial charge in [0.2, 0.25) is 0 Å². The van der Waals surface area contributed by atoms with Crippen LogP contribution in [0.1, 0.15) is 24.4 Å².